The molecule has 15 heavy (non-hydrogen) atoms. The van der Waals surface area contributed by atoms with E-state index in [1.807, 2.05) is 36.6 Å². The monoisotopic (exact) mass is 223 g/mol. The standard InChI is InChI=1S/C11H14ClN3/c1-7(13)5-11-14-8(2)10-6-9(12)3-4-15(10)11/h3-4,6-7H,5,13H2,1-2H3. The summed E-state index contributed by atoms with van der Waals surface area (Å²) in [5, 5.41) is 0.734. The molecule has 0 saturated heterocycles. The van der Waals surface area contributed by atoms with Gasteiger partial charge >= 0.3 is 0 Å². The Bertz CT molecular complexity index is 488. The molecule has 0 spiro atoms. The molecule has 0 aliphatic rings. The lowest BCUT2D eigenvalue weighted by molar-refractivity contribution is 0.699. The van der Waals surface area contributed by atoms with Gasteiger partial charge in [0, 0.05) is 23.7 Å². The van der Waals surface area contributed by atoms with E-state index >= 15 is 0 Å². The number of nitrogens with two attached hydrogens (primary N) is 1. The maximum Gasteiger partial charge on any atom is 0.115 e. The van der Waals surface area contributed by atoms with Gasteiger partial charge in [-0.3, -0.25) is 0 Å². The van der Waals surface area contributed by atoms with Gasteiger partial charge < -0.3 is 10.1 Å². The topological polar surface area (TPSA) is 43.3 Å². The van der Waals surface area contributed by atoms with E-state index in [0.29, 0.717) is 0 Å². The van der Waals surface area contributed by atoms with E-state index in [9.17, 15) is 0 Å². The van der Waals surface area contributed by atoms with Crippen LogP contribution in [0.1, 0.15) is 18.4 Å². The van der Waals surface area contributed by atoms with Crippen LogP contribution in [0.5, 0.6) is 0 Å². The Morgan fingerprint density at radius 1 is 1.60 bits per heavy atom. The summed E-state index contributed by atoms with van der Waals surface area (Å²) in [5.41, 5.74) is 7.82. The van der Waals surface area contributed by atoms with Crippen molar-refractivity contribution in [1.29, 1.82) is 0 Å². The molecule has 0 aliphatic heterocycles. The van der Waals surface area contributed by atoms with Crippen LogP contribution in [0.15, 0.2) is 18.3 Å². The third-order valence-corrected chi connectivity index (χ3v) is 2.60. The molecule has 0 amide bonds. The molecule has 80 valence electrons. The van der Waals surface area contributed by atoms with E-state index in [1.165, 1.54) is 0 Å². The van der Waals surface area contributed by atoms with Crippen molar-refractivity contribution in [3.05, 3.63) is 34.9 Å². The predicted molar refractivity (Wildman–Crippen MR) is 62.3 cm³/mol. The van der Waals surface area contributed by atoms with Crippen molar-refractivity contribution in [3.63, 3.8) is 0 Å². The molecule has 0 saturated carbocycles. The minimum atomic E-state index is 0.116. The van der Waals surface area contributed by atoms with Gasteiger partial charge in [0.25, 0.3) is 0 Å². The molecular weight excluding hydrogens is 210 g/mol. The Balaban J connectivity index is 2.57. The first kappa shape index (κ1) is 10.5. The van der Waals surface area contributed by atoms with Gasteiger partial charge in [-0.2, -0.15) is 0 Å². The Morgan fingerprint density at radius 2 is 2.33 bits per heavy atom. The number of fused-ring (bicyclic) bond motifs is 1. The second-order valence-electron chi connectivity index (χ2n) is 3.90. The number of aromatic nitrogens is 2. The average Bonchev–Trinajstić information content (AvgIpc) is 2.42. The number of hydrogen-bond donors (Lipinski definition) is 1. The van der Waals surface area contributed by atoms with Crippen LogP contribution in [0.25, 0.3) is 5.52 Å². The van der Waals surface area contributed by atoms with Gasteiger partial charge in [0.15, 0.2) is 0 Å². The Hall–Kier alpha value is -1.06. The minimum Gasteiger partial charge on any atom is -0.328 e. The molecule has 2 rings (SSSR count). The van der Waals surface area contributed by atoms with Crippen LogP contribution in [-0.4, -0.2) is 15.4 Å². The molecule has 2 aromatic rings. The molecule has 3 nitrogen and oxygen atoms in total. The number of halogens is 1. The van der Waals surface area contributed by atoms with Crippen molar-refractivity contribution in [3.8, 4) is 0 Å². The first-order valence-corrected chi connectivity index (χ1v) is 5.34. The zero-order valence-electron chi connectivity index (χ0n) is 8.87. The summed E-state index contributed by atoms with van der Waals surface area (Å²) >= 11 is 5.94. The second kappa shape index (κ2) is 3.83. The third kappa shape index (κ3) is 1.98. The first-order valence-electron chi connectivity index (χ1n) is 4.96. The van der Waals surface area contributed by atoms with Crippen molar-refractivity contribution in [2.45, 2.75) is 26.3 Å². The summed E-state index contributed by atoms with van der Waals surface area (Å²) in [4.78, 5) is 4.50. The zero-order chi connectivity index (χ0) is 11.0. The van der Waals surface area contributed by atoms with Gasteiger partial charge in [0.2, 0.25) is 0 Å². The Morgan fingerprint density at radius 3 is 3.00 bits per heavy atom. The molecule has 2 heterocycles. The zero-order valence-corrected chi connectivity index (χ0v) is 9.62. The van der Waals surface area contributed by atoms with E-state index in [-0.39, 0.29) is 6.04 Å². The first-order chi connectivity index (χ1) is 7.08. The molecule has 0 fully saturated rings. The predicted octanol–water partition coefficient (Wildman–Crippen LogP) is 2.19. The average molecular weight is 224 g/mol. The second-order valence-corrected chi connectivity index (χ2v) is 4.33. The lowest BCUT2D eigenvalue weighted by atomic mass is 10.2. The van der Waals surface area contributed by atoms with Crippen LogP contribution >= 0.6 is 11.6 Å². The van der Waals surface area contributed by atoms with Gasteiger partial charge in [-0.05, 0) is 26.0 Å². The molecule has 0 radical (unpaired) electrons. The summed E-state index contributed by atoms with van der Waals surface area (Å²) in [6.07, 6.45) is 2.71. The molecule has 0 bridgehead atoms. The van der Waals surface area contributed by atoms with Gasteiger partial charge in [-0.1, -0.05) is 11.6 Å². The smallest absolute Gasteiger partial charge is 0.115 e. The molecule has 0 aliphatic carbocycles. The highest BCUT2D eigenvalue weighted by molar-refractivity contribution is 6.30. The highest BCUT2D eigenvalue weighted by atomic mass is 35.5. The van der Waals surface area contributed by atoms with E-state index in [4.69, 9.17) is 17.3 Å². The van der Waals surface area contributed by atoms with Crippen molar-refractivity contribution >= 4 is 17.1 Å². The normalized spacial score (nSPS) is 13.3. The Labute approximate surface area is 93.9 Å². The third-order valence-electron chi connectivity index (χ3n) is 2.37. The van der Waals surface area contributed by atoms with E-state index in [2.05, 4.69) is 4.98 Å². The van der Waals surface area contributed by atoms with Crippen LogP contribution in [0, 0.1) is 6.92 Å². The molecule has 2 aromatic heterocycles. The van der Waals surface area contributed by atoms with Crippen molar-refractivity contribution < 1.29 is 0 Å². The fourth-order valence-corrected chi connectivity index (χ4v) is 1.87. The van der Waals surface area contributed by atoms with Crippen molar-refractivity contribution in [2.75, 3.05) is 0 Å². The number of nitrogens with zero attached hydrogens (tertiary/aromatic N) is 2. The summed E-state index contributed by atoms with van der Waals surface area (Å²) in [7, 11) is 0. The van der Waals surface area contributed by atoms with Gasteiger partial charge in [0.1, 0.15) is 5.82 Å². The SMILES string of the molecule is Cc1nc(CC(C)N)n2ccc(Cl)cc12. The maximum absolute atomic E-state index is 5.94. The van der Waals surface area contributed by atoms with Crippen LogP contribution < -0.4 is 5.73 Å². The summed E-state index contributed by atoms with van der Waals surface area (Å²) in [5.74, 6) is 0.995. The van der Waals surface area contributed by atoms with Gasteiger partial charge in [-0.25, -0.2) is 4.98 Å². The highest BCUT2D eigenvalue weighted by Crippen LogP contribution is 2.18. The van der Waals surface area contributed by atoms with Crippen LogP contribution in [0.3, 0.4) is 0 Å². The summed E-state index contributed by atoms with van der Waals surface area (Å²) in [6, 6.07) is 3.90. The molecular formula is C11H14ClN3. The molecule has 0 aromatic carbocycles. The molecule has 4 heteroatoms. The maximum atomic E-state index is 5.94. The number of rotatable bonds is 2. The molecule has 2 N–H and O–H groups in total. The van der Waals surface area contributed by atoms with Crippen molar-refractivity contribution in [2.24, 2.45) is 5.73 Å². The lowest BCUT2D eigenvalue weighted by Crippen LogP contribution is -2.19. The van der Waals surface area contributed by atoms with Gasteiger partial charge in [-0.15, -0.1) is 0 Å². The number of imidazole rings is 1. The summed E-state index contributed by atoms with van der Waals surface area (Å²) < 4.78 is 2.05. The largest absolute Gasteiger partial charge is 0.328 e. The lowest BCUT2D eigenvalue weighted by Gasteiger charge is -2.04. The van der Waals surface area contributed by atoms with Crippen molar-refractivity contribution in [1.82, 2.24) is 9.38 Å². The van der Waals surface area contributed by atoms with E-state index < -0.39 is 0 Å². The van der Waals surface area contributed by atoms with Gasteiger partial charge in [0.05, 0.1) is 11.2 Å². The van der Waals surface area contributed by atoms with E-state index in [0.717, 1.165) is 28.5 Å². The Kier molecular flexibility index (Phi) is 2.67. The fraction of sp³-hybridized carbons (Fsp3) is 0.364. The fourth-order valence-electron chi connectivity index (χ4n) is 1.71. The number of pyridine rings is 1. The highest BCUT2D eigenvalue weighted by Gasteiger charge is 2.09. The minimum absolute atomic E-state index is 0.116. The van der Waals surface area contributed by atoms with Crippen LogP contribution in [-0.2, 0) is 6.42 Å². The quantitative estimate of drug-likeness (QED) is 0.848. The number of hydrogen-bond acceptors (Lipinski definition) is 2. The van der Waals surface area contributed by atoms with Crippen LogP contribution in [0.2, 0.25) is 5.02 Å². The van der Waals surface area contributed by atoms with E-state index in [1.54, 1.807) is 0 Å². The molecule has 1 unspecified atom stereocenters. The summed E-state index contributed by atoms with van der Waals surface area (Å²) in [6.45, 7) is 3.96. The molecule has 1 atom stereocenters. The van der Waals surface area contributed by atoms with Crippen LogP contribution in [0.4, 0.5) is 0 Å². The number of aryl methyl sites for hydroxylation is 1.